The van der Waals surface area contributed by atoms with Gasteiger partial charge in [-0.25, -0.2) is 4.79 Å². The third kappa shape index (κ3) is 4.22. The number of halogens is 1. The van der Waals surface area contributed by atoms with Gasteiger partial charge in [0.1, 0.15) is 0 Å². The smallest absolute Gasteiger partial charge is 0.337 e. The number of carbonyl (C=O) groups is 1. The first-order chi connectivity index (χ1) is 10.3. The number of carbonyl (C=O) groups excluding carboxylic acids is 1. The van der Waals surface area contributed by atoms with Gasteiger partial charge in [0.25, 0.3) is 0 Å². The van der Waals surface area contributed by atoms with Gasteiger partial charge in [-0.2, -0.15) is 0 Å². The van der Waals surface area contributed by atoms with Gasteiger partial charge in [-0.3, -0.25) is 9.80 Å². The van der Waals surface area contributed by atoms with E-state index >= 15 is 0 Å². The fraction of sp³-hybridized carbons (Fsp3) is 0.588. The summed E-state index contributed by atoms with van der Waals surface area (Å²) in [6.07, 6.45) is 0. The van der Waals surface area contributed by atoms with Gasteiger partial charge in [0.2, 0.25) is 0 Å². The summed E-state index contributed by atoms with van der Waals surface area (Å²) in [5.74, 6) is -0.354. The van der Waals surface area contributed by atoms with Crippen molar-refractivity contribution in [3.63, 3.8) is 0 Å². The molecule has 0 atom stereocenters. The van der Waals surface area contributed by atoms with E-state index < -0.39 is 0 Å². The molecule has 0 saturated carbocycles. The SMILES string of the molecule is COC(=O)c1ccc(CN2CCN(C(C)(C)C)CC2)c(Cl)c1. The number of hydrogen-bond donors (Lipinski definition) is 0. The number of methoxy groups -OCH3 is 1. The van der Waals surface area contributed by atoms with E-state index in [4.69, 9.17) is 16.3 Å². The van der Waals surface area contributed by atoms with Crippen LogP contribution >= 0.6 is 11.6 Å². The van der Waals surface area contributed by atoms with Crippen LogP contribution in [0, 0.1) is 0 Å². The molecule has 4 nitrogen and oxygen atoms in total. The molecule has 0 amide bonds. The molecule has 0 aliphatic carbocycles. The first-order valence-electron chi connectivity index (χ1n) is 7.65. The minimum atomic E-state index is -0.354. The van der Waals surface area contributed by atoms with Crippen LogP contribution in [0.25, 0.3) is 0 Å². The van der Waals surface area contributed by atoms with Crippen LogP contribution in [0.15, 0.2) is 18.2 Å². The van der Waals surface area contributed by atoms with E-state index in [0.29, 0.717) is 10.6 Å². The monoisotopic (exact) mass is 324 g/mol. The number of rotatable bonds is 3. The highest BCUT2D eigenvalue weighted by Gasteiger charge is 2.26. The standard InChI is InChI=1S/C17H25ClN2O2/c1-17(2,3)20-9-7-19(8-10-20)12-14-6-5-13(11-15(14)18)16(21)22-4/h5-6,11H,7-10,12H2,1-4H3. The van der Waals surface area contributed by atoms with Crippen molar-refractivity contribution in [3.8, 4) is 0 Å². The summed E-state index contributed by atoms with van der Waals surface area (Å²) < 4.78 is 4.71. The first-order valence-corrected chi connectivity index (χ1v) is 8.03. The fourth-order valence-corrected chi connectivity index (χ4v) is 2.98. The molecule has 5 heteroatoms. The third-order valence-corrected chi connectivity index (χ3v) is 4.54. The zero-order chi connectivity index (χ0) is 16.3. The molecule has 1 aromatic rings. The van der Waals surface area contributed by atoms with E-state index in [0.717, 1.165) is 38.3 Å². The van der Waals surface area contributed by atoms with Gasteiger partial charge in [-0.1, -0.05) is 17.7 Å². The summed E-state index contributed by atoms with van der Waals surface area (Å²) in [6.45, 7) is 11.8. The molecule has 1 aromatic carbocycles. The number of nitrogens with zero attached hydrogens (tertiary/aromatic N) is 2. The van der Waals surface area contributed by atoms with Crippen LogP contribution in [0.4, 0.5) is 0 Å². The maximum absolute atomic E-state index is 11.5. The second-order valence-corrected chi connectivity index (χ2v) is 7.14. The summed E-state index contributed by atoms with van der Waals surface area (Å²) in [5, 5.41) is 0.626. The largest absolute Gasteiger partial charge is 0.465 e. The van der Waals surface area contributed by atoms with E-state index in [9.17, 15) is 4.79 Å². The van der Waals surface area contributed by atoms with Gasteiger partial charge >= 0.3 is 5.97 Å². The minimum absolute atomic E-state index is 0.228. The number of ether oxygens (including phenoxy) is 1. The number of esters is 1. The van der Waals surface area contributed by atoms with Gasteiger partial charge in [-0.05, 0) is 38.5 Å². The zero-order valence-corrected chi connectivity index (χ0v) is 14.6. The van der Waals surface area contributed by atoms with Crippen LogP contribution in [0.5, 0.6) is 0 Å². The highest BCUT2D eigenvalue weighted by Crippen LogP contribution is 2.22. The molecule has 1 heterocycles. The molecule has 1 fully saturated rings. The molecule has 22 heavy (non-hydrogen) atoms. The highest BCUT2D eigenvalue weighted by atomic mass is 35.5. The Labute approximate surface area is 138 Å². The highest BCUT2D eigenvalue weighted by molar-refractivity contribution is 6.31. The fourth-order valence-electron chi connectivity index (χ4n) is 2.74. The summed E-state index contributed by atoms with van der Waals surface area (Å²) in [7, 11) is 1.37. The Morgan fingerprint density at radius 2 is 1.86 bits per heavy atom. The lowest BCUT2D eigenvalue weighted by atomic mass is 10.0. The topological polar surface area (TPSA) is 32.8 Å². The molecule has 1 aliphatic heterocycles. The Morgan fingerprint density at radius 3 is 2.36 bits per heavy atom. The van der Waals surface area contributed by atoms with Crippen molar-refractivity contribution in [2.75, 3.05) is 33.3 Å². The summed E-state index contributed by atoms with van der Waals surface area (Å²) in [5.41, 5.74) is 1.78. The average molecular weight is 325 g/mol. The van der Waals surface area contributed by atoms with E-state index in [1.807, 2.05) is 6.07 Å². The lowest BCUT2D eigenvalue weighted by molar-refractivity contribution is 0.0591. The zero-order valence-electron chi connectivity index (χ0n) is 13.9. The Morgan fingerprint density at radius 1 is 1.23 bits per heavy atom. The number of hydrogen-bond acceptors (Lipinski definition) is 4. The maximum Gasteiger partial charge on any atom is 0.337 e. The molecule has 0 radical (unpaired) electrons. The first kappa shape index (κ1) is 17.3. The lowest BCUT2D eigenvalue weighted by Crippen LogP contribution is -2.53. The van der Waals surface area contributed by atoms with Crippen molar-refractivity contribution in [2.24, 2.45) is 0 Å². The van der Waals surface area contributed by atoms with E-state index in [1.54, 1.807) is 12.1 Å². The Hall–Kier alpha value is -1.10. The van der Waals surface area contributed by atoms with Gasteiger partial charge in [0, 0.05) is 43.3 Å². The molecule has 122 valence electrons. The number of piperazine rings is 1. The third-order valence-electron chi connectivity index (χ3n) is 4.19. The molecule has 2 rings (SSSR count). The van der Waals surface area contributed by atoms with Crippen molar-refractivity contribution < 1.29 is 9.53 Å². The van der Waals surface area contributed by atoms with Crippen LogP contribution in [-0.4, -0.2) is 54.6 Å². The molecular weight excluding hydrogens is 300 g/mol. The quantitative estimate of drug-likeness (QED) is 0.800. The second-order valence-electron chi connectivity index (χ2n) is 6.73. The van der Waals surface area contributed by atoms with E-state index in [1.165, 1.54) is 7.11 Å². The Bertz CT molecular complexity index is 532. The summed E-state index contributed by atoms with van der Waals surface area (Å²) in [6, 6.07) is 5.39. The van der Waals surface area contributed by atoms with Crippen molar-refractivity contribution in [2.45, 2.75) is 32.9 Å². The minimum Gasteiger partial charge on any atom is -0.465 e. The molecule has 0 unspecified atom stereocenters. The van der Waals surface area contributed by atoms with Crippen LogP contribution < -0.4 is 0 Å². The van der Waals surface area contributed by atoms with Crippen LogP contribution in [0.2, 0.25) is 5.02 Å². The van der Waals surface area contributed by atoms with Crippen LogP contribution in [-0.2, 0) is 11.3 Å². The van der Waals surface area contributed by atoms with E-state index in [2.05, 4.69) is 30.6 Å². The Balaban J connectivity index is 1.96. The predicted octanol–water partition coefficient (Wildman–Crippen LogP) is 3.04. The molecule has 0 N–H and O–H groups in total. The van der Waals surface area contributed by atoms with Crippen molar-refractivity contribution in [1.29, 1.82) is 0 Å². The normalized spacial score (nSPS) is 17.5. The molecule has 1 saturated heterocycles. The van der Waals surface area contributed by atoms with Gasteiger partial charge in [0.15, 0.2) is 0 Å². The Kier molecular flexibility index (Phi) is 5.48. The van der Waals surface area contributed by atoms with Gasteiger partial charge in [-0.15, -0.1) is 0 Å². The van der Waals surface area contributed by atoms with Crippen molar-refractivity contribution in [1.82, 2.24) is 9.80 Å². The summed E-state index contributed by atoms with van der Waals surface area (Å²) in [4.78, 5) is 16.4. The van der Waals surface area contributed by atoms with Crippen molar-refractivity contribution >= 4 is 17.6 Å². The number of benzene rings is 1. The molecule has 0 spiro atoms. The lowest BCUT2D eigenvalue weighted by Gasteiger charge is -2.42. The molecule has 0 aromatic heterocycles. The molecule has 1 aliphatic rings. The van der Waals surface area contributed by atoms with E-state index in [-0.39, 0.29) is 11.5 Å². The second kappa shape index (κ2) is 6.99. The van der Waals surface area contributed by atoms with Crippen LogP contribution in [0.3, 0.4) is 0 Å². The average Bonchev–Trinajstić information content (AvgIpc) is 2.48. The van der Waals surface area contributed by atoms with Crippen molar-refractivity contribution in [3.05, 3.63) is 34.3 Å². The van der Waals surface area contributed by atoms with Gasteiger partial charge in [0.05, 0.1) is 12.7 Å². The molecule has 0 bridgehead atoms. The van der Waals surface area contributed by atoms with Crippen LogP contribution in [0.1, 0.15) is 36.7 Å². The predicted molar refractivity (Wildman–Crippen MR) is 89.4 cm³/mol. The maximum atomic E-state index is 11.5. The van der Waals surface area contributed by atoms with Gasteiger partial charge < -0.3 is 4.74 Å². The molecular formula is C17H25ClN2O2. The summed E-state index contributed by atoms with van der Waals surface area (Å²) >= 11 is 6.31.